The summed E-state index contributed by atoms with van der Waals surface area (Å²) >= 11 is 0. The molecule has 120 valence electrons. The fourth-order valence-electron chi connectivity index (χ4n) is 2.59. The summed E-state index contributed by atoms with van der Waals surface area (Å²) < 4.78 is 5.23. The van der Waals surface area contributed by atoms with E-state index in [2.05, 4.69) is 16.0 Å². The first-order chi connectivity index (χ1) is 10.6. The summed E-state index contributed by atoms with van der Waals surface area (Å²) in [5, 5.41) is 8.92. The van der Waals surface area contributed by atoms with E-state index in [1.807, 2.05) is 0 Å². The summed E-state index contributed by atoms with van der Waals surface area (Å²) in [6.45, 7) is 2.49. The number of hydrogen-bond acceptors (Lipinski definition) is 4. The average Bonchev–Trinajstić information content (AvgIpc) is 2.99. The van der Waals surface area contributed by atoms with Crippen molar-refractivity contribution < 1.29 is 14.3 Å². The molecule has 2 rings (SSSR count). The van der Waals surface area contributed by atoms with Crippen molar-refractivity contribution in [1.82, 2.24) is 5.32 Å². The molecule has 1 aliphatic heterocycles. The minimum atomic E-state index is -0.167. The Morgan fingerprint density at radius 1 is 1.36 bits per heavy atom. The van der Waals surface area contributed by atoms with Crippen LogP contribution in [0.15, 0.2) is 18.2 Å². The highest BCUT2D eigenvalue weighted by molar-refractivity contribution is 5.93. The van der Waals surface area contributed by atoms with Crippen molar-refractivity contribution in [2.45, 2.75) is 38.6 Å². The molecule has 1 aromatic rings. The molecule has 0 spiro atoms. The highest BCUT2D eigenvalue weighted by Gasteiger charge is 2.15. The van der Waals surface area contributed by atoms with Crippen molar-refractivity contribution >= 4 is 23.2 Å². The minimum absolute atomic E-state index is 0.0111. The molecule has 1 aromatic carbocycles. The van der Waals surface area contributed by atoms with Crippen LogP contribution in [0.25, 0.3) is 0 Å². The van der Waals surface area contributed by atoms with Crippen molar-refractivity contribution in [3.63, 3.8) is 0 Å². The average molecular weight is 305 g/mol. The Kier molecular flexibility index (Phi) is 5.77. The van der Waals surface area contributed by atoms with E-state index in [-0.39, 0.29) is 11.8 Å². The van der Waals surface area contributed by atoms with Crippen molar-refractivity contribution in [1.29, 1.82) is 0 Å². The molecule has 0 bridgehead atoms. The van der Waals surface area contributed by atoms with Gasteiger partial charge < -0.3 is 20.7 Å². The molecule has 1 unspecified atom stereocenters. The quantitative estimate of drug-likeness (QED) is 0.752. The lowest BCUT2D eigenvalue weighted by Gasteiger charge is -2.13. The highest BCUT2D eigenvalue weighted by atomic mass is 16.5. The lowest BCUT2D eigenvalue weighted by Crippen LogP contribution is -2.23. The summed E-state index contributed by atoms with van der Waals surface area (Å²) in [6, 6.07) is 5.63. The van der Waals surface area contributed by atoms with Crippen molar-refractivity contribution in [3.05, 3.63) is 18.2 Å². The van der Waals surface area contributed by atoms with Crippen LogP contribution < -0.4 is 20.7 Å². The van der Waals surface area contributed by atoms with Crippen LogP contribution in [0.5, 0.6) is 5.75 Å². The largest absolute Gasteiger partial charge is 0.494 e. The Morgan fingerprint density at radius 2 is 2.18 bits per heavy atom. The van der Waals surface area contributed by atoms with Crippen molar-refractivity contribution in [2.24, 2.45) is 0 Å². The standard InChI is InChI=1S/C16H23N3O3/c1-11(20)18-14-7-5-13(10-15(14)22-2)19-16(21)8-6-12-4-3-9-17-12/h5,7,10,12,17H,3-4,6,8-9H2,1-2H3,(H,18,20)(H,19,21). The third kappa shape index (κ3) is 4.73. The van der Waals surface area contributed by atoms with E-state index in [0.29, 0.717) is 29.6 Å². The monoisotopic (exact) mass is 305 g/mol. The molecular formula is C16H23N3O3. The second-order valence-corrected chi connectivity index (χ2v) is 5.48. The second kappa shape index (κ2) is 7.79. The number of carbonyl (C=O) groups is 2. The molecule has 1 aliphatic rings. The Morgan fingerprint density at radius 3 is 2.82 bits per heavy atom. The summed E-state index contributed by atoms with van der Waals surface area (Å²) in [5.74, 6) is 0.340. The van der Waals surface area contributed by atoms with E-state index < -0.39 is 0 Å². The van der Waals surface area contributed by atoms with Gasteiger partial charge in [0.15, 0.2) is 0 Å². The van der Waals surface area contributed by atoms with Gasteiger partial charge in [-0.3, -0.25) is 9.59 Å². The highest BCUT2D eigenvalue weighted by Crippen LogP contribution is 2.28. The predicted octanol–water partition coefficient (Wildman–Crippen LogP) is 2.12. The molecule has 6 nitrogen and oxygen atoms in total. The smallest absolute Gasteiger partial charge is 0.224 e. The Balaban J connectivity index is 1.91. The molecule has 0 radical (unpaired) electrons. The van der Waals surface area contributed by atoms with Gasteiger partial charge in [0, 0.05) is 31.1 Å². The van der Waals surface area contributed by atoms with Gasteiger partial charge in [0.1, 0.15) is 5.75 Å². The van der Waals surface area contributed by atoms with E-state index in [1.54, 1.807) is 18.2 Å². The van der Waals surface area contributed by atoms with Crippen LogP contribution in [-0.2, 0) is 9.59 Å². The maximum atomic E-state index is 12.0. The zero-order valence-electron chi connectivity index (χ0n) is 13.1. The normalized spacial score (nSPS) is 17.1. The second-order valence-electron chi connectivity index (χ2n) is 5.48. The van der Waals surface area contributed by atoms with Gasteiger partial charge in [-0.1, -0.05) is 0 Å². The lowest BCUT2D eigenvalue weighted by atomic mass is 10.1. The van der Waals surface area contributed by atoms with Gasteiger partial charge in [-0.2, -0.15) is 0 Å². The zero-order chi connectivity index (χ0) is 15.9. The number of methoxy groups -OCH3 is 1. The molecule has 1 fully saturated rings. The SMILES string of the molecule is COc1cc(NC(=O)CCC2CCCN2)ccc1NC(C)=O. The minimum Gasteiger partial charge on any atom is -0.494 e. The number of ether oxygens (including phenoxy) is 1. The van der Waals surface area contributed by atoms with Gasteiger partial charge in [0.25, 0.3) is 0 Å². The van der Waals surface area contributed by atoms with E-state index in [1.165, 1.54) is 20.5 Å². The summed E-state index contributed by atoms with van der Waals surface area (Å²) in [6.07, 6.45) is 3.68. The van der Waals surface area contributed by atoms with E-state index in [0.717, 1.165) is 19.4 Å². The molecule has 22 heavy (non-hydrogen) atoms. The predicted molar refractivity (Wildman–Crippen MR) is 86.2 cm³/mol. The fourth-order valence-corrected chi connectivity index (χ4v) is 2.59. The van der Waals surface area contributed by atoms with E-state index in [4.69, 9.17) is 4.74 Å². The first kappa shape index (κ1) is 16.3. The molecule has 2 amide bonds. The van der Waals surface area contributed by atoms with Crippen LogP contribution in [0.3, 0.4) is 0 Å². The van der Waals surface area contributed by atoms with Crippen LogP contribution in [0.2, 0.25) is 0 Å². The molecule has 0 saturated carbocycles. The number of amides is 2. The van der Waals surface area contributed by atoms with E-state index >= 15 is 0 Å². The molecule has 1 saturated heterocycles. The van der Waals surface area contributed by atoms with Gasteiger partial charge in [-0.15, -0.1) is 0 Å². The number of carbonyl (C=O) groups excluding carboxylic acids is 2. The number of anilines is 2. The van der Waals surface area contributed by atoms with Crippen molar-refractivity contribution in [2.75, 3.05) is 24.3 Å². The first-order valence-corrected chi connectivity index (χ1v) is 7.57. The summed E-state index contributed by atoms with van der Waals surface area (Å²) in [5.41, 5.74) is 1.25. The maximum absolute atomic E-state index is 12.0. The Bertz CT molecular complexity index is 539. The number of benzene rings is 1. The Hall–Kier alpha value is -2.08. The van der Waals surface area contributed by atoms with Crippen LogP contribution in [0, 0.1) is 0 Å². The molecule has 0 aromatic heterocycles. The van der Waals surface area contributed by atoms with Crippen LogP contribution in [-0.4, -0.2) is 31.5 Å². The lowest BCUT2D eigenvalue weighted by molar-refractivity contribution is -0.116. The first-order valence-electron chi connectivity index (χ1n) is 7.57. The van der Waals surface area contributed by atoms with Gasteiger partial charge in [-0.25, -0.2) is 0 Å². The van der Waals surface area contributed by atoms with Gasteiger partial charge in [0.05, 0.1) is 12.8 Å². The molecule has 1 atom stereocenters. The number of rotatable bonds is 6. The molecular weight excluding hydrogens is 282 g/mol. The third-order valence-electron chi connectivity index (χ3n) is 3.68. The topological polar surface area (TPSA) is 79.5 Å². The molecule has 0 aliphatic carbocycles. The van der Waals surface area contributed by atoms with Crippen molar-refractivity contribution in [3.8, 4) is 5.75 Å². The van der Waals surface area contributed by atoms with E-state index in [9.17, 15) is 9.59 Å². The fraction of sp³-hybridized carbons (Fsp3) is 0.500. The number of nitrogens with one attached hydrogen (secondary N) is 3. The molecule has 6 heteroatoms. The third-order valence-corrected chi connectivity index (χ3v) is 3.68. The van der Waals surface area contributed by atoms with Gasteiger partial charge in [-0.05, 0) is 37.9 Å². The summed E-state index contributed by atoms with van der Waals surface area (Å²) in [4.78, 5) is 23.1. The molecule has 1 heterocycles. The Labute approximate surface area is 130 Å². The van der Waals surface area contributed by atoms with Crippen LogP contribution in [0.1, 0.15) is 32.6 Å². The van der Waals surface area contributed by atoms with Crippen LogP contribution >= 0.6 is 0 Å². The number of hydrogen-bond donors (Lipinski definition) is 3. The van der Waals surface area contributed by atoms with Gasteiger partial charge in [0.2, 0.25) is 11.8 Å². The zero-order valence-corrected chi connectivity index (χ0v) is 13.1. The van der Waals surface area contributed by atoms with Gasteiger partial charge >= 0.3 is 0 Å². The molecule has 3 N–H and O–H groups in total. The van der Waals surface area contributed by atoms with Crippen LogP contribution in [0.4, 0.5) is 11.4 Å². The summed E-state index contributed by atoms with van der Waals surface area (Å²) in [7, 11) is 1.53. The maximum Gasteiger partial charge on any atom is 0.224 e.